The van der Waals surface area contributed by atoms with Gasteiger partial charge in [0.1, 0.15) is 5.58 Å². The first kappa shape index (κ1) is 24.7. The van der Waals surface area contributed by atoms with Crippen LogP contribution in [0.3, 0.4) is 0 Å². The lowest BCUT2D eigenvalue weighted by atomic mass is 9.83. The number of anilines is 1. The third-order valence-electron chi connectivity index (χ3n) is 7.78. The predicted molar refractivity (Wildman–Crippen MR) is 147 cm³/mol. The number of methoxy groups -OCH3 is 2. The van der Waals surface area contributed by atoms with Crippen molar-refractivity contribution in [3.05, 3.63) is 98.9 Å². The third-order valence-corrected chi connectivity index (χ3v) is 7.78. The molecule has 0 bridgehead atoms. The lowest BCUT2D eigenvalue weighted by Crippen LogP contribution is -2.54. The second-order valence-electron chi connectivity index (χ2n) is 9.81. The van der Waals surface area contributed by atoms with E-state index in [1.807, 2.05) is 56.3 Å². The molecule has 0 saturated carbocycles. The van der Waals surface area contributed by atoms with Gasteiger partial charge in [-0.2, -0.15) is 0 Å². The summed E-state index contributed by atoms with van der Waals surface area (Å²) in [5.41, 5.74) is 1.49. The van der Waals surface area contributed by atoms with Gasteiger partial charge in [-0.05, 0) is 56.2 Å². The first-order valence-electron chi connectivity index (χ1n) is 12.9. The summed E-state index contributed by atoms with van der Waals surface area (Å²) in [6.07, 6.45) is 0.413. The lowest BCUT2D eigenvalue weighted by Gasteiger charge is -2.34. The van der Waals surface area contributed by atoms with Crippen LogP contribution < -0.4 is 19.8 Å². The monoisotopic (exact) mass is 524 g/mol. The standard InChI is InChI=1S/C31H28N2O6/c1-5-32-22-9-7-6-8-21(22)31(30(32)36)26-27(34)20-16-18(2)10-12-23(20)39-28(26)29(35)33(31)15-14-19-11-13-24(37-3)25(17-19)38-4/h6-13,16-17H,5,14-15H2,1-4H3. The number of benzene rings is 3. The predicted octanol–water partition coefficient (Wildman–Crippen LogP) is 4.43. The molecule has 1 unspecified atom stereocenters. The molecule has 3 heterocycles. The maximum Gasteiger partial charge on any atom is 0.291 e. The Balaban J connectivity index is 1.57. The summed E-state index contributed by atoms with van der Waals surface area (Å²) >= 11 is 0. The van der Waals surface area contributed by atoms with Gasteiger partial charge in [-0.25, -0.2) is 0 Å². The van der Waals surface area contributed by atoms with Crippen molar-refractivity contribution in [2.45, 2.75) is 25.8 Å². The summed E-state index contributed by atoms with van der Waals surface area (Å²) in [6, 6.07) is 18.2. The quantitative estimate of drug-likeness (QED) is 0.371. The van der Waals surface area contributed by atoms with Gasteiger partial charge in [0.2, 0.25) is 5.76 Å². The van der Waals surface area contributed by atoms with Gasteiger partial charge in [0.15, 0.2) is 22.5 Å². The number of carbonyl (C=O) groups is 2. The molecule has 6 rings (SSSR count). The molecule has 0 N–H and O–H groups in total. The fourth-order valence-electron chi connectivity index (χ4n) is 6.00. The Kier molecular flexibility index (Phi) is 5.71. The number of carbonyl (C=O) groups excluding carboxylic acids is 2. The van der Waals surface area contributed by atoms with E-state index in [-0.39, 0.29) is 29.2 Å². The molecule has 0 aliphatic carbocycles. The van der Waals surface area contributed by atoms with E-state index in [0.29, 0.717) is 46.7 Å². The number of rotatable bonds is 6. The number of nitrogens with zero attached hydrogens (tertiary/aromatic N) is 2. The Hall–Kier alpha value is -4.59. The highest BCUT2D eigenvalue weighted by Crippen LogP contribution is 2.52. The van der Waals surface area contributed by atoms with Crippen LogP contribution in [0.2, 0.25) is 0 Å². The van der Waals surface area contributed by atoms with Gasteiger partial charge in [0, 0.05) is 18.7 Å². The van der Waals surface area contributed by atoms with Crippen molar-refractivity contribution in [2.24, 2.45) is 0 Å². The SMILES string of the molecule is CCN1C(=O)C2(c3ccccc31)c1c(oc3ccc(C)cc3c1=O)C(=O)N2CCc1ccc(OC)c(OC)c1. The lowest BCUT2D eigenvalue weighted by molar-refractivity contribution is -0.126. The zero-order valence-electron chi connectivity index (χ0n) is 22.2. The van der Waals surface area contributed by atoms with Gasteiger partial charge < -0.3 is 23.7 Å². The number of fused-ring (bicyclic) bond motifs is 5. The van der Waals surface area contributed by atoms with Gasteiger partial charge in [0.05, 0.1) is 30.9 Å². The maximum absolute atomic E-state index is 14.4. The molecule has 0 radical (unpaired) electrons. The van der Waals surface area contributed by atoms with Crippen molar-refractivity contribution in [2.75, 3.05) is 32.2 Å². The molecule has 2 aliphatic heterocycles. The Morgan fingerprint density at radius 3 is 2.44 bits per heavy atom. The van der Waals surface area contributed by atoms with Crippen molar-refractivity contribution >= 4 is 28.5 Å². The van der Waals surface area contributed by atoms with Crippen molar-refractivity contribution in [3.63, 3.8) is 0 Å². The fraction of sp³-hybridized carbons (Fsp3) is 0.258. The number of para-hydroxylation sites is 1. The second-order valence-corrected chi connectivity index (χ2v) is 9.81. The molecule has 4 aromatic rings. The molecule has 1 aromatic heterocycles. The summed E-state index contributed by atoms with van der Waals surface area (Å²) in [5.74, 6) is 0.275. The molecular weight excluding hydrogens is 496 g/mol. The van der Waals surface area contributed by atoms with E-state index < -0.39 is 11.4 Å². The fourth-order valence-corrected chi connectivity index (χ4v) is 6.00. The Morgan fingerprint density at radius 2 is 1.69 bits per heavy atom. The first-order valence-corrected chi connectivity index (χ1v) is 12.9. The molecule has 3 aromatic carbocycles. The normalized spacial score (nSPS) is 17.7. The Bertz CT molecular complexity index is 1720. The molecule has 1 atom stereocenters. The Labute approximate surface area is 225 Å². The topological polar surface area (TPSA) is 89.3 Å². The van der Waals surface area contributed by atoms with Crippen LogP contribution in [0.5, 0.6) is 11.5 Å². The zero-order chi connectivity index (χ0) is 27.5. The van der Waals surface area contributed by atoms with E-state index in [1.54, 1.807) is 37.3 Å². The van der Waals surface area contributed by atoms with Gasteiger partial charge >= 0.3 is 0 Å². The summed E-state index contributed by atoms with van der Waals surface area (Å²) in [4.78, 5) is 45.8. The van der Waals surface area contributed by atoms with E-state index in [2.05, 4.69) is 0 Å². The molecule has 2 aliphatic rings. The molecule has 0 saturated heterocycles. The van der Waals surface area contributed by atoms with E-state index >= 15 is 0 Å². The number of likely N-dealkylation sites (N-methyl/N-ethyl adjacent to an activating group) is 1. The van der Waals surface area contributed by atoms with Crippen molar-refractivity contribution in [1.29, 1.82) is 0 Å². The summed E-state index contributed by atoms with van der Waals surface area (Å²) in [5, 5.41) is 0.350. The molecular formula is C31H28N2O6. The number of hydrogen-bond donors (Lipinski definition) is 0. The van der Waals surface area contributed by atoms with Gasteiger partial charge in [-0.15, -0.1) is 0 Å². The average molecular weight is 525 g/mol. The Morgan fingerprint density at radius 1 is 0.923 bits per heavy atom. The zero-order valence-corrected chi connectivity index (χ0v) is 22.2. The molecule has 8 heteroatoms. The van der Waals surface area contributed by atoms with Crippen molar-refractivity contribution in [1.82, 2.24) is 4.90 Å². The molecule has 1 spiro atoms. The van der Waals surface area contributed by atoms with Gasteiger partial charge in [0.25, 0.3) is 11.8 Å². The minimum atomic E-state index is -1.62. The van der Waals surface area contributed by atoms with Crippen LogP contribution in [0.1, 0.15) is 39.7 Å². The van der Waals surface area contributed by atoms with Crippen LogP contribution in [-0.2, 0) is 16.8 Å². The number of aryl methyl sites for hydroxylation is 1. The highest BCUT2D eigenvalue weighted by atomic mass is 16.5. The minimum Gasteiger partial charge on any atom is -0.493 e. The van der Waals surface area contributed by atoms with Crippen LogP contribution >= 0.6 is 0 Å². The molecule has 39 heavy (non-hydrogen) atoms. The van der Waals surface area contributed by atoms with Crippen molar-refractivity contribution < 1.29 is 23.5 Å². The third kappa shape index (κ3) is 3.34. The highest BCUT2D eigenvalue weighted by Gasteiger charge is 2.64. The molecule has 198 valence electrons. The van der Waals surface area contributed by atoms with Crippen LogP contribution in [0.15, 0.2) is 69.9 Å². The maximum atomic E-state index is 14.4. The van der Waals surface area contributed by atoms with E-state index in [0.717, 1.165) is 11.1 Å². The van der Waals surface area contributed by atoms with Crippen LogP contribution in [0.4, 0.5) is 5.69 Å². The minimum absolute atomic E-state index is 0.0789. The number of amides is 2. The van der Waals surface area contributed by atoms with E-state index in [4.69, 9.17) is 13.9 Å². The number of ether oxygens (including phenoxy) is 2. The number of hydrogen-bond acceptors (Lipinski definition) is 6. The first-order chi connectivity index (χ1) is 18.9. The van der Waals surface area contributed by atoms with Gasteiger partial charge in [-0.1, -0.05) is 35.9 Å². The van der Waals surface area contributed by atoms with E-state index in [1.165, 1.54) is 4.90 Å². The second kappa shape index (κ2) is 9.01. The van der Waals surface area contributed by atoms with E-state index in [9.17, 15) is 14.4 Å². The van der Waals surface area contributed by atoms with Crippen molar-refractivity contribution in [3.8, 4) is 11.5 Å². The largest absolute Gasteiger partial charge is 0.493 e. The van der Waals surface area contributed by atoms with Crippen LogP contribution in [0.25, 0.3) is 11.0 Å². The van der Waals surface area contributed by atoms with Gasteiger partial charge in [-0.3, -0.25) is 14.4 Å². The summed E-state index contributed by atoms with van der Waals surface area (Å²) < 4.78 is 16.9. The summed E-state index contributed by atoms with van der Waals surface area (Å²) in [7, 11) is 3.13. The van der Waals surface area contributed by atoms with Crippen LogP contribution in [-0.4, -0.2) is 44.0 Å². The molecule has 0 fully saturated rings. The summed E-state index contributed by atoms with van der Waals surface area (Å²) in [6.45, 7) is 4.33. The van der Waals surface area contributed by atoms with Crippen LogP contribution in [0, 0.1) is 6.92 Å². The smallest absolute Gasteiger partial charge is 0.291 e. The molecule has 8 nitrogen and oxygen atoms in total. The molecule has 2 amide bonds. The highest BCUT2D eigenvalue weighted by molar-refractivity contribution is 6.17. The average Bonchev–Trinajstić information content (AvgIpc) is 3.35.